The maximum Gasteiger partial charge on any atom is 0.251 e. The van der Waals surface area contributed by atoms with E-state index in [1.807, 2.05) is 25.1 Å². The molecule has 1 aromatic heterocycles. The number of H-pyrrole nitrogens is 1. The van der Waals surface area contributed by atoms with Crippen LogP contribution in [0.3, 0.4) is 0 Å². The normalized spacial score (nSPS) is 10.3. The smallest absolute Gasteiger partial charge is 0.251 e. The molecule has 0 amide bonds. The Bertz CT molecular complexity index is 543. The minimum atomic E-state index is -0.127. The van der Waals surface area contributed by atoms with Crippen LogP contribution in [0.15, 0.2) is 35.4 Å². The molecule has 0 atom stereocenters. The second kappa shape index (κ2) is 3.69. The molecule has 3 nitrogen and oxygen atoms in total. The molecule has 0 aliphatic heterocycles. The van der Waals surface area contributed by atoms with Gasteiger partial charge in [-0.05, 0) is 31.0 Å². The third-order valence-corrected chi connectivity index (χ3v) is 2.48. The molecule has 0 aliphatic rings. The van der Waals surface area contributed by atoms with Crippen LogP contribution in [0.1, 0.15) is 11.1 Å². The maximum atomic E-state index is 11.1. The fourth-order valence-electron chi connectivity index (χ4n) is 1.43. The summed E-state index contributed by atoms with van der Waals surface area (Å²) in [7, 11) is 0. The van der Waals surface area contributed by atoms with Gasteiger partial charge in [-0.25, -0.2) is 4.98 Å². The van der Waals surface area contributed by atoms with E-state index in [1.165, 1.54) is 23.5 Å². The summed E-state index contributed by atoms with van der Waals surface area (Å²) >= 11 is 0. The van der Waals surface area contributed by atoms with Crippen molar-refractivity contribution in [2.24, 2.45) is 0 Å². The number of rotatable bonds is 1. The van der Waals surface area contributed by atoms with E-state index in [9.17, 15) is 4.79 Å². The van der Waals surface area contributed by atoms with E-state index in [1.54, 1.807) is 0 Å². The number of nitrogens with zero attached hydrogens (tertiary/aromatic N) is 1. The highest BCUT2D eigenvalue weighted by Crippen LogP contribution is 2.18. The number of hydrogen-bond acceptors (Lipinski definition) is 2. The molecule has 1 heterocycles. The summed E-state index contributed by atoms with van der Waals surface area (Å²) in [6, 6.07) is 7.55. The van der Waals surface area contributed by atoms with Crippen molar-refractivity contribution >= 4 is 0 Å². The lowest BCUT2D eigenvalue weighted by atomic mass is 10.0. The quantitative estimate of drug-likeness (QED) is 0.765. The zero-order valence-electron chi connectivity index (χ0n) is 8.74. The molecule has 1 N–H and O–H groups in total. The van der Waals surface area contributed by atoms with Crippen LogP contribution in [0.4, 0.5) is 0 Å². The van der Waals surface area contributed by atoms with Crippen LogP contribution in [0, 0.1) is 13.8 Å². The lowest BCUT2D eigenvalue weighted by molar-refractivity contribution is 1.12. The van der Waals surface area contributed by atoms with E-state index in [-0.39, 0.29) is 5.56 Å². The molecule has 0 bridgehead atoms. The fraction of sp³-hybridized carbons (Fsp3) is 0.167. The summed E-state index contributed by atoms with van der Waals surface area (Å²) < 4.78 is 0. The lowest BCUT2D eigenvalue weighted by Gasteiger charge is -2.03. The molecule has 0 aliphatic carbocycles. The van der Waals surface area contributed by atoms with Crippen molar-refractivity contribution in [3.8, 4) is 11.3 Å². The van der Waals surface area contributed by atoms with Gasteiger partial charge in [0.2, 0.25) is 0 Å². The summed E-state index contributed by atoms with van der Waals surface area (Å²) in [4.78, 5) is 17.7. The minimum absolute atomic E-state index is 0.127. The average Bonchev–Trinajstić information content (AvgIpc) is 2.22. The van der Waals surface area contributed by atoms with Crippen molar-refractivity contribution in [2.45, 2.75) is 13.8 Å². The number of hydrogen-bond donors (Lipinski definition) is 1. The molecule has 0 radical (unpaired) electrons. The van der Waals surface area contributed by atoms with Gasteiger partial charge in [0.15, 0.2) is 0 Å². The molecule has 0 fully saturated rings. The predicted molar refractivity (Wildman–Crippen MR) is 59.8 cm³/mol. The lowest BCUT2D eigenvalue weighted by Crippen LogP contribution is -2.04. The Labute approximate surface area is 87.8 Å². The zero-order chi connectivity index (χ0) is 10.8. The highest BCUT2D eigenvalue weighted by atomic mass is 16.1. The van der Waals surface area contributed by atoms with E-state index >= 15 is 0 Å². The molecule has 2 rings (SSSR count). The molecular formula is C12H12N2O. The molecule has 1 aromatic carbocycles. The largest absolute Gasteiger partial charge is 0.313 e. The Morgan fingerprint density at radius 3 is 2.60 bits per heavy atom. The monoisotopic (exact) mass is 200 g/mol. The van der Waals surface area contributed by atoms with Gasteiger partial charge in [0.05, 0.1) is 12.0 Å². The maximum absolute atomic E-state index is 11.1. The van der Waals surface area contributed by atoms with Gasteiger partial charge in [-0.3, -0.25) is 4.79 Å². The highest BCUT2D eigenvalue weighted by Gasteiger charge is 2.01. The zero-order valence-corrected chi connectivity index (χ0v) is 8.74. The number of aromatic amines is 1. The van der Waals surface area contributed by atoms with Crippen molar-refractivity contribution in [1.29, 1.82) is 0 Å². The third kappa shape index (κ3) is 1.96. The number of aryl methyl sites for hydroxylation is 2. The summed E-state index contributed by atoms with van der Waals surface area (Å²) in [6.45, 7) is 4.11. The summed E-state index contributed by atoms with van der Waals surface area (Å²) in [5.74, 6) is 0. The Kier molecular flexibility index (Phi) is 2.37. The molecule has 3 heteroatoms. The topological polar surface area (TPSA) is 45.8 Å². The predicted octanol–water partition coefficient (Wildman–Crippen LogP) is 2.05. The average molecular weight is 200 g/mol. The van der Waals surface area contributed by atoms with Gasteiger partial charge in [-0.2, -0.15) is 0 Å². The molecule has 15 heavy (non-hydrogen) atoms. The van der Waals surface area contributed by atoms with Crippen molar-refractivity contribution in [3.63, 3.8) is 0 Å². The van der Waals surface area contributed by atoms with Crippen LogP contribution in [0.2, 0.25) is 0 Å². The molecular weight excluding hydrogens is 188 g/mol. The van der Waals surface area contributed by atoms with Crippen LogP contribution in [0.25, 0.3) is 11.3 Å². The first-order valence-electron chi connectivity index (χ1n) is 4.79. The van der Waals surface area contributed by atoms with E-state index in [4.69, 9.17) is 0 Å². The number of nitrogens with one attached hydrogen (secondary N) is 1. The van der Waals surface area contributed by atoms with Crippen LogP contribution in [-0.4, -0.2) is 9.97 Å². The Hall–Kier alpha value is -1.90. The SMILES string of the molecule is Cc1ccc(-c2cc(=O)[nH]cn2)cc1C. The van der Waals surface area contributed by atoms with E-state index in [0.29, 0.717) is 5.69 Å². The molecule has 0 unspecified atom stereocenters. The van der Waals surface area contributed by atoms with Gasteiger partial charge in [-0.1, -0.05) is 12.1 Å². The van der Waals surface area contributed by atoms with Crippen molar-refractivity contribution < 1.29 is 0 Å². The standard InChI is InChI=1S/C12H12N2O/c1-8-3-4-10(5-9(8)2)11-6-12(15)14-7-13-11/h3-7H,1-2H3,(H,13,14,15). The van der Waals surface area contributed by atoms with Gasteiger partial charge in [-0.15, -0.1) is 0 Å². The van der Waals surface area contributed by atoms with Crippen molar-refractivity contribution in [1.82, 2.24) is 9.97 Å². The van der Waals surface area contributed by atoms with Gasteiger partial charge in [0, 0.05) is 11.6 Å². The van der Waals surface area contributed by atoms with Gasteiger partial charge in [0.1, 0.15) is 0 Å². The van der Waals surface area contributed by atoms with Gasteiger partial charge >= 0.3 is 0 Å². The second-order valence-corrected chi connectivity index (χ2v) is 3.60. The first kappa shape index (κ1) is 9.65. The van der Waals surface area contributed by atoms with Gasteiger partial charge < -0.3 is 4.98 Å². The van der Waals surface area contributed by atoms with Crippen LogP contribution in [0.5, 0.6) is 0 Å². The van der Waals surface area contributed by atoms with Crippen molar-refractivity contribution in [3.05, 3.63) is 52.1 Å². The molecule has 2 aromatic rings. The molecule has 0 spiro atoms. The second-order valence-electron chi connectivity index (χ2n) is 3.60. The van der Waals surface area contributed by atoms with E-state index in [0.717, 1.165) is 5.56 Å². The van der Waals surface area contributed by atoms with Gasteiger partial charge in [0.25, 0.3) is 5.56 Å². The molecule has 76 valence electrons. The molecule has 0 saturated carbocycles. The van der Waals surface area contributed by atoms with E-state index < -0.39 is 0 Å². The third-order valence-electron chi connectivity index (χ3n) is 2.48. The van der Waals surface area contributed by atoms with Crippen molar-refractivity contribution in [2.75, 3.05) is 0 Å². The Morgan fingerprint density at radius 1 is 1.13 bits per heavy atom. The fourth-order valence-corrected chi connectivity index (χ4v) is 1.43. The van der Waals surface area contributed by atoms with Crippen LogP contribution < -0.4 is 5.56 Å². The summed E-state index contributed by atoms with van der Waals surface area (Å²) in [6.07, 6.45) is 1.42. The van der Waals surface area contributed by atoms with E-state index in [2.05, 4.69) is 16.9 Å². The number of benzene rings is 1. The van der Waals surface area contributed by atoms with Crippen LogP contribution >= 0.6 is 0 Å². The first-order valence-corrected chi connectivity index (χ1v) is 4.79. The number of aromatic nitrogens is 2. The first-order chi connectivity index (χ1) is 7.16. The van der Waals surface area contributed by atoms with Crippen LogP contribution in [-0.2, 0) is 0 Å². The highest BCUT2D eigenvalue weighted by molar-refractivity contribution is 5.60. The summed E-state index contributed by atoms with van der Waals surface area (Å²) in [5.41, 5.74) is 4.00. The summed E-state index contributed by atoms with van der Waals surface area (Å²) in [5, 5.41) is 0. The Balaban J connectivity index is 2.55. The minimum Gasteiger partial charge on any atom is -0.313 e. The molecule has 0 saturated heterocycles. The Morgan fingerprint density at radius 2 is 1.93 bits per heavy atom.